The van der Waals surface area contributed by atoms with Gasteiger partial charge in [-0.15, -0.1) is 5.10 Å². The van der Waals surface area contributed by atoms with Gasteiger partial charge in [0, 0.05) is 31.4 Å². The van der Waals surface area contributed by atoms with E-state index >= 15 is 0 Å². The van der Waals surface area contributed by atoms with Crippen LogP contribution in [-0.4, -0.2) is 44.0 Å². The van der Waals surface area contributed by atoms with Gasteiger partial charge in [-0.1, -0.05) is 55.3 Å². The van der Waals surface area contributed by atoms with Crippen LogP contribution >= 0.6 is 0 Å². The first kappa shape index (κ1) is 21.1. The van der Waals surface area contributed by atoms with Crippen molar-refractivity contribution in [2.45, 2.75) is 63.3 Å². The van der Waals surface area contributed by atoms with E-state index < -0.39 is 5.92 Å². The highest BCUT2D eigenvalue weighted by molar-refractivity contribution is 5.79. The average molecular weight is 403 g/mol. The topological polar surface area (TPSA) is 74.8 Å². The summed E-state index contributed by atoms with van der Waals surface area (Å²) in [5.74, 6) is -2.00. The van der Waals surface area contributed by atoms with E-state index in [-0.39, 0.29) is 23.9 Å². The molecular weight excluding hydrogens is 376 g/mol. The summed E-state index contributed by atoms with van der Waals surface area (Å²) in [6.07, 6.45) is 8.89. The molecule has 1 N–H and O–H groups in total. The molecule has 8 heteroatoms. The van der Waals surface area contributed by atoms with Gasteiger partial charge >= 0.3 is 0 Å². The number of aromatic nitrogens is 4. The average Bonchev–Trinajstić information content (AvgIpc) is 3.36. The number of carbonyl (C=O) groups excluding carboxylic acids is 1. The Kier molecular flexibility index (Phi) is 7.43. The number of H-pyrrole nitrogens is 1. The Morgan fingerprint density at radius 2 is 1.97 bits per heavy atom. The number of alkyl halides is 2. The number of nitrogens with one attached hydrogen (secondary N) is 1. The van der Waals surface area contributed by atoms with Crippen LogP contribution in [-0.2, 0) is 17.1 Å². The number of likely N-dealkylation sites (tertiary alicyclic amines) is 1. The second-order valence-electron chi connectivity index (χ2n) is 7.41. The number of carbonyl (C=O) groups is 1. The molecule has 1 amide bonds. The number of aromatic amines is 1. The second-order valence-corrected chi connectivity index (χ2v) is 7.41. The van der Waals surface area contributed by atoms with E-state index in [9.17, 15) is 13.6 Å². The number of nitrogens with zero attached hydrogens (tertiary/aromatic N) is 4. The smallest absolute Gasteiger partial charge is 0.276 e. The van der Waals surface area contributed by atoms with Gasteiger partial charge in [0.2, 0.25) is 5.91 Å². The molecule has 0 saturated carbocycles. The summed E-state index contributed by atoms with van der Waals surface area (Å²) in [4.78, 5) is 14.0. The minimum absolute atomic E-state index is 0.0186. The van der Waals surface area contributed by atoms with Crippen molar-refractivity contribution in [2.24, 2.45) is 0 Å². The number of amides is 1. The van der Waals surface area contributed by atoms with Crippen molar-refractivity contribution in [3.63, 3.8) is 0 Å². The molecule has 2 heterocycles. The normalized spacial score (nSPS) is 17.5. The SMILES string of the molecule is O=C1CC[C@H](/C=C/CC(F)(F)c2ccccc2)N1CCCCCCc1nnn[nH]1. The monoisotopic (exact) mass is 403 g/mol. The Morgan fingerprint density at radius 3 is 2.72 bits per heavy atom. The number of tetrazole rings is 1. The first-order valence-corrected chi connectivity index (χ1v) is 10.2. The van der Waals surface area contributed by atoms with Crippen LogP contribution in [0.4, 0.5) is 8.78 Å². The summed E-state index contributed by atoms with van der Waals surface area (Å²) in [6, 6.07) is 7.77. The fourth-order valence-corrected chi connectivity index (χ4v) is 3.63. The standard InChI is InChI=1S/C21H27F2N5O/c22-21(23,17-9-4-3-5-10-17)15-8-11-18-13-14-20(29)28(18)16-7-2-1-6-12-19-24-26-27-25-19/h3-5,8-11,18H,1-2,6-7,12-16H2,(H,24,25,26,27)/b11-8+/t18-/m0/s1. The second kappa shape index (κ2) is 10.2. The molecule has 1 aliphatic heterocycles. The molecule has 1 aliphatic rings. The largest absolute Gasteiger partial charge is 0.336 e. The van der Waals surface area contributed by atoms with Crippen molar-refractivity contribution in [1.82, 2.24) is 25.5 Å². The quantitative estimate of drug-likeness (QED) is 0.454. The molecule has 1 saturated heterocycles. The Bertz CT molecular complexity index is 780. The maximum Gasteiger partial charge on any atom is 0.276 e. The summed E-state index contributed by atoms with van der Waals surface area (Å²) >= 11 is 0. The van der Waals surface area contributed by atoms with Crippen molar-refractivity contribution in [3.05, 3.63) is 53.9 Å². The van der Waals surface area contributed by atoms with Crippen molar-refractivity contribution in [2.75, 3.05) is 6.54 Å². The molecule has 6 nitrogen and oxygen atoms in total. The first-order valence-electron chi connectivity index (χ1n) is 10.2. The lowest BCUT2D eigenvalue weighted by atomic mass is 10.0. The van der Waals surface area contributed by atoms with Crippen molar-refractivity contribution in [3.8, 4) is 0 Å². The molecule has 0 radical (unpaired) electrons. The van der Waals surface area contributed by atoms with Gasteiger partial charge < -0.3 is 4.90 Å². The molecule has 1 aromatic carbocycles. The molecule has 1 aromatic heterocycles. The fraction of sp³-hybridized carbons (Fsp3) is 0.524. The number of hydrogen-bond acceptors (Lipinski definition) is 4. The van der Waals surface area contributed by atoms with Crippen LogP contribution in [0.2, 0.25) is 0 Å². The van der Waals surface area contributed by atoms with Gasteiger partial charge in [-0.05, 0) is 29.7 Å². The summed E-state index contributed by atoms with van der Waals surface area (Å²) in [5.41, 5.74) is 0.0186. The summed E-state index contributed by atoms with van der Waals surface area (Å²) in [7, 11) is 0. The number of aryl methyl sites for hydroxylation is 1. The summed E-state index contributed by atoms with van der Waals surface area (Å²) in [6.45, 7) is 0.673. The van der Waals surface area contributed by atoms with E-state index in [1.54, 1.807) is 24.3 Å². The molecule has 3 rings (SSSR count). The molecule has 29 heavy (non-hydrogen) atoms. The molecule has 0 spiro atoms. The lowest BCUT2D eigenvalue weighted by Crippen LogP contribution is -2.32. The van der Waals surface area contributed by atoms with Crippen LogP contribution in [0.5, 0.6) is 0 Å². The van der Waals surface area contributed by atoms with Gasteiger partial charge in [-0.3, -0.25) is 4.79 Å². The minimum atomic E-state index is -2.90. The Labute approximate surface area is 169 Å². The lowest BCUT2D eigenvalue weighted by Gasteiger charge is -2.22. The Hall–Kier alpha value is -2.64. The van der Waals surface area contributed by atoms with Crippen molar-refractivity contribution in [1.29, 1.82) is 0 Å². The number of unbranched alkanes of at least 4 members (excludes halogenated alkanes) is 3. The van der Waals surface area contributed by atoms with Gasteiger partial charge in [-0.25, -0.2) is 13.9 Å². The number of hydrogen-bond donors (Lipinski definition) is 1. The van der Waals surface area contributed by atoms with Crippen molar-refractivity contribution >= 4 is 5.91 Å². The molecule has 1 atom stereocenters. The highest BCUT2D eigenvalue weighted by atomic mass is 19.3. The fourth-order valence-electron chi connectivity index (χ4n) is 3.63. The number of allylic oxidation sites excluding steroid dienone is 1. The van der Waals surface area contributed by atoms with E-state index in [2.05, 4.69) is 20.6 Å². The van der Waals surface area contributed by atoms with Gasteiger partial charge in [0.05, 0.1) is 6.04 Å². The van der Waals surface area contributed by atoms with Crippen LogP contribution in [0.3, 0.4) is 0 Å². The van der Waals surface area contributed by atoms with Crippen LogP contribution in [0.1, 0.15) is 56.3 Å². The van der Waals surface area contributed by atoms with Crippen molar-refractivity contribution < 1.29 is 13.6 Å². The van der Waals surface area contributed by atoms with Gasteiger partial charge in [0.25, 0.3) is 5.92 Å². The molecule has 0 unspecified atom stereocenters. The number of benzene rings is 1. The highest BCUT2D eigenvalue weighted by Gasteiger charge is 2.31. The van der Waals surface area contributed by atoms with Crippen LogP contribution in [0.15, 0.2) is 42.5 Å². The van der Waals surface area contributed by atoms with Gasteiger partial charge in [0.15, 0.2) is 0 Å². The van der Waals surface area contributed by atoms with Gasteiger partial charge in [-0.2, -0.15) is 0 Å². The van der Waals surface area contributed by atoms with Crippen LogP contribution in [0.25, 0.3) is 0 Å². The van der Waals surface area contributed by atoms with E-state index in [1.807, 2.05) is 4.90 Å². The summed E-state index contributed by atoms with van der Waals surface area (Å²) in [5, 5.41) is 13.7. The Morgan fingerprint density at radius 1 is 1.17 bits per heavy atom. The number of halogens is 2. The highest BCUT2D eigenvalue weighted by Crippen LogP contribution is 2.32. The van der Waals surface area contributed by atoms with Crippen LogP contribution < -0.4 is 0 Å². The molecular formula is C21H27F2N5O. The van der Waals surface area contributed by atoms with E-state index in [0.717, 1.165) is 37.9 Å². The lowest BCUT2D eigenvalue weighted by molar-refractivity contribution is -0.128. The maximum atomic E-state index is 14.3. The molecule has 156 valence electrons. The third-order valence-electron chi connectivity index (χ3n) is 5.26. The minimum Gasteiger partial charge on any atom is -0.336 e. The first-order chi connectivity index (χ1) is 14.1. The van der Waals surface area contributed by atoms with E-state index in [1.165, 1.54) is 18.2 Å². The zero-order valence-corrected chi connectivity index (χ0v) is 16.4. The number of rotatable bonds is 11. The van der Waals surface area contributed by atoms with E-state index in [4.69, 9.17) is 0 Å². The predicted molar refractivity (Wildman–Crippen MR) is 105 cm³/mol. The third-order valence-corrected chi connectivity index (χ3v) is 5.26. The van der Waals surface area contributed by atoms with E-state index in [0.29, 0.717) is 19.4 Å². The zero-order valence-electron chi connectivity index (χ0n) is 16.4. The molecule has 1 fully saturated rings. The summed E-state index contributed by atoms with van der Waals surface area (Å²) < 4.78 is 28.6. The Balaban J connectivity index is 1.40. The molecule has 0 bridgehead atoms. The molecule has 0 aliphatic carbocycles. The zero-order chi connectivity index (χ0) is 20.5. The van der Waals surface area contributed by atoms with Crippen LogP contribution in [0, 0.1) is 0 Å². The van der Waals surface area contributed by atoms with Gasteiger partial charge in [0.1, 0.15) is 5.82 Å². The third kappa shape index (κ3) is 6.17. The predicted octanol–water partition coefficient (Wildman–Crippen LogP) is 4.03. The maximum absolute atomic E-state index is 14.3. The molecule has 2 aromatic rings.